The number of hydrogen-bond acceptors (Lipinski definition) is 9. The number of nitrogens with zero attached hydrogens (tertiary/aromatic N) is 5. The molecule has 0 unspecified atom stereocenters. The summed E-state index contributed by atoms with van der Waals surface area (Å²) < 4.78 is 63.3. The average Bonchev–Trinajstić information content (AvgIpc) is 3.62. The molecule has 0 aromatic heterocycles. The lowest BCUT2D eigenvalue weighted by Crippen LogP contribution is -2.65. The Balaban J connectivity index is 0.995. The van der Waals surface area contributed by atoms with Gasteiger partial charge >= 0.3 is 6.09 Å². The first-order chi connectivity index (χ1) is 26.4. The lowest BCUT2D eigenvalue weighted by Gasteiger charge is -2.54. The zero-order chi connectivity index (χ0) is 38.8. The predicted octanol–water partition coefficient (Wildman–Crippen LogP) is 4.91. The molecule has 2 aromatic rings. The Morgan fingerprint density at radius 3 is 2.36 bits per heavy atom. The molecule has 5 fully saturated rings. The van der Waals surface area contributed by atoms with Gasteiger partial charge in [0.15, 0.2) is 15.5 Å². The summed E-state index contributed by atoms with van der Waals surface area (Å²) in [7, 11) is -2.31. The number of likely N-dealkylation sites (tertiary alicyclic amines) is 3. The quantitative estimate of drug-likeness (QED) is 0.320. The number of amides is 2. The maximum absolute atomic E-state index is 16.3. The second-order valence-corrected chi connectivity index (χ2v) is 18.7. The average molecular weight is 781 g/mol. The molecule has 0 spiro atoms. The van der Waals surface area contributed by atoms with E-state index < -0.39 is 26.8 Å². The van der Waals surface area contributed by atoms with Crippen LogP contribution in [0.15, 0.2) is 53.4 Å². The number of piperidine rings is 2. The van der Waals surface area contributed by atoms with Crippen molar-refractivity contribution >= 4 is 27.5 Å². The second-order valence-electron chi connectivity index (χ2n) is 16.5. The first-order valence-electron chi connectivity index (χ1n) is 19.9. The molecule has 0 radical (unpaired) electrons. The van der Waals surface area contributed by atoms with Crippen molar-refractivity contribution in [1.82, 2.24) is 20.0 Å². The summed E-state index contributed by atoms with van der Waals surface area (Å²) in [4.78, 5) is 33.0. The van der Waals surface area contributed by atoms with Crippen LogP contribution in [0.5, 0.6) is 0 Å². The number of ether oxygens (including phenoxy) is 1. The summed E-state index contributed by atoms with van der Waals surface area (Å²) >= 11 is 0. The van der Waals surface area contributed by atoms with Crippen LogP contribution in [0.3, 0.4) is 0 Å². The van der Waals surface area contributed by atoms with E-state index in [2.05, 4.69) is 21.2 Å². The van der Waals surface area contributed by atoms with Gasteiger partial charge in [-0.2, -0.15) is 5.26 Å². The van der Waals surface area contributed by atoms with E-state index in [9.17, 15) is 22.4 Å². The Morgan fingerprint density at radius 2 is 1.71 bits per heavy atom. The fourth-order valence-electron chi connectivity index (χ4n) is 10.3. The number of halogens is 2. The second kappa shape index (κ2) is 16.4. The van der Waals surface area contributed by atoms with Crippen LogP contribution in [0.2, 0.25) is 0 Å². The number of hydrogen-bond donors (Lipinski definition) is 1. The highest BCUT2D eigenvalue weighted by Crippen LogP contribution is 2.51. The van der Waals surface area contributed by atoms with E-state index in [0.717, 1.165) is 82.5 Å². The number of alkyl carbamates (subject to hydrolysis) is 1. The zero-order valence-corrected chi connectivity index (χ0v) is 32.6. The number of alkyl halides is 1. The van der Waals surface area contributed by atoms with Gasteiger partial charge < -0.3 is 24.8 Å². The topological polar surface area (TPSA) is 126 Å². The number of benzene rings is 2. The summed E-state index contributed by atoms with van der Waals surface area (Å²) in [5.41, 5.74) is -0.0409. The number of carbonyl (C=O) groups excluding carboxylic acids is 2. The lowest BCUT2D eigenvalue weighted by molar-refractivity contribution is -0.130. The van der Waals surface area contributed by atoms with E-state index in [-0.39, 0.29) is 66.0 Å². The third kappa shape index (κ3) is 8.21. The van der Waals surface area contributed by atoms with Crippen LogP contribution in [0, 0.1) is 29.0 Å². The van der Waals surface area contributed by atoms with Crippen molar-refractivity contribution < 1.29 is 31.5 Å². The molecule has 55 heavy (non-hydrogen) atoms. The van der Waals surface area contributed by atoms with Gasteiger partial charge in [-0.05, 0) is 125 Å². The number of rotatable bonds is 12. The summed E-state index contributed by atoms with van der Waals surface area (Å²) in [5, 5.41) is 11.3. The third-order valence-corrected chi connectivity index (χ3v) is 15.4. The van der Waals surface area contributed by atoms with Crippen molar-refractivity contribution in [3.05, 3.63) is 59.9 Å². The van der Waals surface area contributed by atoms with Gasteiger partial charge in [-0.15, -0.1) is 0 Å². The molecule has 1 N–H and O–H groups in total. The van der Waals surface area contributed by atoms with Gasteiger partial charge in [0.2, 0.25) is 5.91 Å². The number of sulfone groups is 1. The molecule has 0 bridgehead atoms. The van der Waals surface area contributed by atoms with Crippen molar-refractivity contribution in [3.8, 4) is 6.07 Å². The highest BCUT2D eigenvalue weighted by Gasteiger charge is 2.54. The molecular formula is C41H54F2N6O5S. The molecule has 4 atom stereocenters. The zero-order valence-electron chi connectivity index (χ0n) is 31.8. The van der Waals surface area contributed by atoms with Crippen LogP contribution >= 0.6 is 0 Å². The maximum Gasteiger partial charge on any atom is 0.407 e. The third-order valence-electron chi connectivity index (χ3n) is 13.2. The molecule has 4 aliphatic heterocycles. The molecule has 298 valence electrons. The van der Waals surface area contributed by atoms with Crippen LogP contribution < -0.4 is 10.2 Å². The highest BCUT2D eigenvalue weighted by molar-refractivity contribution is 7.92. The van der Waals surface area contributed by atoms with E-state index in [1.807, 2.05) is 11.0 Å². The van der Waals surface area contributed by atoms with Crippen molar-refractivity contribution in [1.29, 1.82) is 5.26 Å². The van der Waals surface area contributed by atoms with Crippen LogP contribution in [-0.2, 0) is 24.8 Å². The molecule has 14 heteroatoms. The smallest absolute Gasteiger partial charge is 0.407 e. The van der Waals surface area contributed by atoms with Gasteiger partial charge in [0, 0.05) is 43.3 Å². The molecule has 4 saturated heterocycles. The minimum atomic E-state index is -3.69. The largest absolute Gasteiger partial charge is 0.453 e. The van der Waals surface area contributed by atoms with Gasteiger partial charge in [-0.3, -0.25) is 9.69 Å². The molecule has 7 rings (SSSR count). The fraction of sp³-hybridized carbons (Fsp3) is 0.634. The Hall–Kier alpha value is -3.80. The minimum absolute atomic E-state index is 0.0796. The number of nitrogens with one attached hydrogen (secondary N) is 1. The van der Waals surface area contributed by atoms with Crippen LogP contribution in [0.4, 0.5) is 19.3 Å². The Kier molecular flexibility index (Phi) is 11.7. The standard InChI is InChI=1S/C41H54F2N6O5S/c1-54-39(51)45-37-10-3-9-36(37)41(29-46-19-5-20-46,31-6-2-7-32(42)24-31)30-16-22-47(23-17-30)26-40(43)27-49(28-40)33-11-13-34(14-12-33)55(52,53)35-8-4-21-48(25-35)38(50)15-18-44/h2,6-7,11-14,24,30,35-37H,3-5,8-10,15-17,19-23,25-29H2,1H3,(H,45,51)/t35-,36+,37+,41+/m1/s1. The molecule has 2 amide bonds. The van der Waals surface area contributed by atoms with Gasteiger partial charge in [0.05, 0.1) is 36.4 Å². The van der Waals surface area contributed by atoms with E-state index in [0.29, 0.717) is 25.9 Å². The summed E-state index contributed by atoms with van der Waals surface area (Å²) in [6.07, 6.45) is 5.88. The Morgan fingerprint density at radius 1 is 0.964 bits per heavy atom. The number of carbonyl (C=O) groups is 2. The van der Waals surface area contributed by atoms with Crippen molar-refractivity contribution in [2.24, 2.45) is 11.8 Å². The summed E-state index contributed by atoms with van der Waals surface area (Å²) in [5.74, 6) is -0.282. The van der Waals surface area contributed by atoms with Crippen LogP contribution in [0.1, 0.15) is 63.4 Å². The maximum atomic E-state index is 16.3. The molecule has 5 aliphatic rings. The number of anilines is 1. The molecule has 11 nitrogen and oxygen atoms in total. The number of methoxy groups -OCH3 is 1. The Bertz CT molecular complexity index is 1840. The van der Waals surface area contributed by atoms with Crippen molar-refractivity contribution in [3.63, 3.8) is 0 Å². The minimum Gasteiger partial charge on any atom is -0.453 e. The first kappa shape index (κ1) is 39.4. The van der Waals surface area contributed by atoms with Crippen LogP contribution in [-0.4, -0.2) is 125 Å². The molecule has 1 saturated carbocycles. The molecule has 2 aromatic carbocycles. The molecule has 1 aliphatic carbocycles. The van der Waals surface area contributed by atoms with E-state index in [4.69, 9.17) is 10.00 Å². The van der Waals surface area contributed by atoms with E-state index in [1.165, 1.54) is 18.1 Å². The van der Waals surface area contributed by atoms with Crippen molar-refractivity contribution in [2.45, 2.75) is 85.1 Å². The summed E-state index contributed by atoms with van der Waals surface area (Å²) in [6, 6.07) is 15.4. The Labute approximate surface area is 323 Å². The van der Waals surface area contributed by atoms with Crippen molar-refractivity contribution in [2.75, 3.05) is 77.5 Å². The highest BCUT2D eigenvalue weighted by atomic mass is 32.2. The molecule has 4 heterocycles. The molecular weight excluding hydrogens is 727 g/mol. The fourth-order valence-corrected chi connectivity index (χ4v) is 12.1. The normalized spacial score (nSPS) is 26.0. The van der Waals surface area contributed by atoms with Gasteiger partial charge in [0.1, 0.15) is 12.2 Å². The number of nitriles is 1. The van der Waals surface area contributed by atoms with Gasteiger partial charge in [-0.1, -0.05) is 18.6 Å². The lowest BCUT2D eigenvalue weighted by atomic mass is 9.57. The van der Waals surface area contributed by atoms with Gasteiger partial charge in [-0.25, -0.2) is 22.0 Å². The predicted molar refractivity (Wildman–Crippen MR) is 204 cm³/mol. The van der Waals surface area contributed by atoms with Gasteiger partial charge in [0.25, 0.3) is 0 Å². The van der Waals surface area contributed by atoms with Crippen LogP contribution in [0.25, 0.3) is 0 Å². The van der Waals surface area contributed by atoms with E-state index >= 15 is 4.39 Å². The monoisotopic (exact) mass is 780 g/mol. The first-order valence-corrected chi connectivity index (χ1v) is 21.5. The van der Waals surface area contributed by atoms with E-state index in [1.54, 1.807) is 36.4 Å². The SMILES string of the molecule is COC(=O)N[C@H]1CCC[C@@H]1[C@](CN1CCC1)(c1cccc(F)c1)C1CCN(CC2(F)CN(c3ccc(S(=O)(=O)[C@@H]4CCCN(C(=O)CC#N)C4)cc3)C2)CC1. The summed E-state index contributed by atoms with van der Waals surface area (Å²) in [6.45, 7) is 5.52.